The summed E-state index contributed by atoms with van der Waals surface area (Å²) >= 11 is 0. The van der Waals surface area contributed by atoms with Crippen LogP contribution < -0.4 is 9.47 Å². The molecule has 5 heteroatoms. The number of aryl methyl sites for hydroxylation is 1. The van der Waals surface area contributed by atoms with Gasteiger partial charge in [0.05, 0.1) is 12.2 Å². The maximum atomic E-state index is 14.4. The SMILES string of the molecule is CCOc1cc2ccc(OC(F)(F)c3ccc(CC)cc3)cc2cc1F. The molecule has 0 saturated carbocycles. The smallest absolute Gasteiger partial charge is 0.426 e. The van der Waals surface area contributed by atoms with Crippen LogP contribution in [-0.2, 0) is 12.5 Å². The van der Waals surface area contributed by atoms with E-state index >= 15 is 0 Å². The summed E-state index contributed by atoms with van der Waals surface area (Å²) in [6.45, 7) is 4.05. The van der Waals surface area contributed by atoms with Gasteiger partial charge in [-0.05, 0) is 66.1 Å². The molecule has 0 aliphatic rings. The lowest BCUT2D eigenvalue weighted by Crippen LogP contribution is -2.21. The molecule has 0 heterocycles. The molecule has 136 valence electrons. The zero-order chi connectivity index (χ0) is 18.7. The monoisotopic (exact) mass is 360 g/mol. The normalized spacial score (nSPS) is 11.6. The van der Waals surface area contributed by atoms with Gasteiger partial charge in [0.2, 0.25) is 0 Å². The van der Waals surface area contributed by atoms with Crippen LogP contribution in [0.15, 0.2) is 54.6 Å². The molecule has 0 radical (unpaired) electrons. The van der Waals surface area contributed by atoms with Crippen molar-refractivity contribution in [1.29, 1.82) is 0 Å². The van der Waals surface area contributed by atoms with Crippen molar-refractivity contribution in [2.24, 2.45) is 0 Å². The predicted molar refractivity (Wildman–Crippen MR) is 95.4 cm³/mol. The molecule has 0 N–H and O–H groups in total. The molecule has 0 fully saturated rings. The number of hydrogen-bond donors (Lipinski definition) is 0. The summed E-state index contributed by atoms with van der Waals surface area (Å²) < 4.78 is 52.9. The lowest BCUT2D eigenvalue weighted by atomic mass is 10.1. The second-order valence-corrected chi connectivity index (χ2v) is 5.89. The summed E-state index contributed by atoms with van der Waals surface area (Å²) in [6.07, 6.45) is -2.71. The minimum atomic E-state index is -3.48. The molecule has 0 bridgehead atoms. The number of fused-ring (bicyclic) bond motifs is 1. The highest BCUT2D eigenvalue weighted by Gasteiger charge is 2.34. The number of benzene rings is 3. The highest BCUT2D eigenvalue weighted by Crippen LogP contribution is 2.34. The van der Waals surface area contributed by atoms with Gasteiger partial charge in [0, 0.05) is 0 Å². The first-order valence-corrected chi connectivity index (χ1v) is 8.45. The average Bonchev–Trinajstić information content (AvgIpc) is 2.62. The fraction of sp³-hybridized carbons (Fsp3) is 0.238. The van der Waals surface area contributed by atoms with Crippen LogP contribution in [0.2, 0.25) is 0 Å². The summed E-state index contributed by atoms with van der Waals surface area (Å²) in [6, 6.07) is 13.2. The molecule has 26 heavy (non-hydrogen) atoms. The van der Waals surface area contributed by atoms with Gasteiger partial charge in [-0.3, -0.25) is 0 Å². The van der Waals surface area contributed by atoms with Gasteiger partial charge in [0.15, 0.2) is 11.6 Å². The molecule has 0 aromatic heterocycles. The second kappa shape index (κ2) is 7.28. The Hall–Kier alpha value is -2.69. The second-order valence-electron chi connectivity index (χ2n) is 5.89. The van der Waals surface area contributed by atoms with E-state index in [-0.39, 0.29) is 17.1 Å². The van der Waals surface area contributed by atoms with Crippen LogP contribution in [0.1, 0.15) is 25.0 Å². The van der Waals surface area contributed by atoms with E-state index in [0.29, 0.717) is 17.4 Å². The van der Waals surface area contributed by atoms with Crippen molar-refractivity contribution >= 4 is 10.8 Å². The van der Waals surface area contributed by atoms with E-state index in [2.05, 4.69) is 0 Å². The summed E-state index contributed by atoms with van der Waals surface area (Å²) in [7, 11) is 0. The van der Waals surface area contributed by atoms with Gasteiger partial charge in [0.25, 0.3) is 0 Å². The van der Waals surface area contributed by atoms with Gasteiger partial charge < -0.3 is 9.47 Å². The summed E-state index contributed by atoms with van der Waals surface area (Å²) in [5.74, 6) is -0.445. The van der Waals surface area contributed by atoms with Gasteiger partial charge in [0.1, 0.15) is 5.75 Å². The molecule has 2 nitrogen and oxygen atoms in total. The first-order valence-electron chi connectivity index (χ1n) is 8.45. The van der Waals surface area contributed by atoms with Crippen LogP contribution in [0.4, 0.5) is 13.2 Å². The number of rotatable bonds is 6. The van der Waals surface area contributed by atoms with E-state index in [0.717, 1.165) is 12.0 Å². The molecular formula is C21H19F3O2. The van der Waals surface area contributed by atoms with E-state index in [1.54, 1.807) is 31.2 Å². The van der Waals surface area contributed by atoms with Crippen LogP contribution in [0, 0.1) is 5.82 Å². The molecule has 0 spiro atoms. The lowest BCUT2D eigenvalue weighted by Gasteiger charge is -2.19. The molecule has 0 aliphatic heterocycles. The molecular weight excluding hydrogens is 341 g/mol. The highest BCUT2D eigenvalue weighted by atomic mass is 19.3. The van der Waals surface area contributed by atoms with Crippen molar-refractivity contribution in [3.05, 3.63) is 71.5 Å². The summed E-state index contributed by atoms with van der Waals surface area (Å²) in [4.78, 5) is 0. The zero-order valence-electron chi connectivity index (χ0n) is 14.6. The van der Waals surface area contributed by atoms with Crippen molar-refractivity contribution in [3.8, 4) is 11.5 Å². The van der Waals surface area contributed by atoms with Crippen LogP contribution in [0.3, 0.4) is 0 Å². The minimum absolute atomic E-state index is 0.0365. The summed E-state index contributed by atoms with van der Waals surface area (Å²) in [5, 5.41) is 1.14. The average molecular weight is 360 g/mol. The number of hydrogen-bond acceptors (Lipinski definition) is 2. The van der Waals surface area contributed by atoms with Gasteiger partial charge in [-0.1, -0.05) is 25.1 Å². The quantitative estimate of drug-likeness (QED) is 0.531. The minimum Gasteiger partial charge on any atom is -0.491 e. The third kappa shape index (κ3) is 3.77. The van der Waals surface area contributed by atoms with Crippen LogP contribution >= 0.6 is 0 Å². The first kappa shape index (κ1) is 18.1. The topological polar surface area (TPSA) is 18.5 Å². The highest BCUT2D eigenvalue weighted by molar-refractivity contribution is 5.85. The third-order valence-corrected chi connectivity index (χ3v) is 4.11. The van der Waals surface area contributed by atoms with Crippen LogP contribution in [-0.4, -0.2) is 6.61 Å². The Bertz CT molecular complexity index is 905. The van der Waals surface area contributed by atoms with Crippen molar-refractivity contribution in [3.63, 3.8) is 0 Å². The molecule has 0 unspecified atom stereocenters. The largest absolute Gasteiger partial charge is 0.491 e. The number of halogens is 3. The Kier molecular flexibility index (Phi) is 5.07. The fourth-order valence-corrected chi connectivity index (χ4v) is 2.70. The van der Waals surface area contributed by atoms with Crippen LogP contribution in [0.25, 0.3) is 10.8 Å². The number of ether oxygens (including phenoxy) is 2. The van der Waals surface area contributed by atoms with Crippen molar-refractivity contribution < 1.29 is 22.6 Å². The van der Waals surface area contributed by atoms with Gasteiger partial charge in [-0.15, -0.1) is 0 Å². The third-order valence-electron chi connectivity index (χ3n) is 4.11. The molecule has 3 aromatic rings. The fourth-order valence-electron chi connectivity index (χ4n) is 2.70. The lowest BCUT2D eigenvalue weighted by molar-refractivity contribution is -0.185. The summed E-state index contributed by atoms with van der Waals surface area (Å²) in [5.41, 5.74) is 0.739. The molecule has 3 rings (SSSR count). The Morgan fingerprint density at radius 2 is 1.62 bits per heavy atom. The van der Waals surface area contributed by atoms with E-state index in [1.807, 2.05) is 6.92 Å². The van der Waals surface area contributed by atoms with E-state index in [9.17, 15) is 13.2 Å². The van der Waals surface area contributed by atoms with E-state index < -0.39 is 11.9 Å². The molecule has 3 aromatic carbocycles. The van der Waals surface area contributed by atoms with Gasteiger partial charge in [-0.25, -0.2) is 4.39 Å². The van der Waals surface area contributed by atoms with Crippen LogP contribution in [0.5, 0.6) is 11.5 Å². The molecule has 0 atom stereocenters. The van der Waals surface area contributed by atoms with Crippen molar-refractivity contribution in [1.82, 2.24) is 0 Å². The Morgan fingerprint density at radius 1 is 0.885 bits per heavy atom. The molecule has 0 amide bonds. The molecule has 0 saturated heterocycles. The van der Waals surface area contributed by atoms with Crippen molar-refractivity contribution in [2.75, 3.05) is 6.61 Å². The maximum absolute atomic E-state index is 14.4. The molecule has 0 aliphatic carbocycles. The standard InChI is InChI=1S/C21H19F3O2/c1-3-14-5-8-17(9-6-14)21(23,24)26-18-10-7-15-13-20(25-4-2)19(22)12-16(15)11-18/h5-13H,3-4H2,1-2H3. The van der Waals surface area contributed by atoms with E-state index in [1.165, 1.54) is 30.3 Å². The maximum Gasteiger partial charge on any atom is 0.426 e. The van der Waals surface area contributed by atoms with Gasteiger partial charge in [-0.2, -0.15) is 8.78 Å². The predicted octanol–water partition coefficient (Wildman–Crippen LogP) is 6.07. The van der Waals surface area contributed by atoms with Crippen molar-refractivity contribution in [2.45, 2.75) is 26.4 Å². The Balaban J connectivity index is 1.88. The van der Waals surface area contributed by atoms with Gasteiger partial charge >= 0.3 is 6.11 Å². The number of alkyl halides is 2. The zero-order valence-corrected chi connectivity index (χ0v) is 14.6. The Labute approximate surface area is 150 Å². The Morgan fingerprint density at radius 3 is 2.27 bits per heavy atom. The van der Waals surface area contributed by atoms with E-state index in [4.69, 9.17) is 9.47 Å². The first-order chi connectivity index (χ1) is 12.4.